The molecule has 3 aromatic rings. The van der Waals surface area contributed by atoms with Gasteiger partial charge in [0.25, 0.3) is 5.91 Å². The molecule has 156 valence electrons. The Morgan fingerprint density at radius 2 is 1.67 bits per heavy atom. The van der Waals surface area contributed by atoms with Crippen molar-refractivity contribution >= 4 is 38.4 Å². The lowest BCUT2D eigenvalue weighted by atomic mass is 10.2. The van der Waals surface area contributed by atoms with E-state index < -0.39 is 0 Å². The van der Waals surface area contributed by atoms with Gasteiger partial charge in [0.05, 0.1) is 10.2 Å². The quantitative estimate of drug-likeness (QED) is 0.646. The SMILES string of the molecule is CN1CCN(c2cc(C(=O)N3CCN(c4nc5ccccc5s4)CC3)ccn2)CC1. The fraction of sp³-hybridized carbons (Fsp3) is 0.409. The summed E-state index contributed by atoms with van der Waals surface area (Å²) in [6.45, 7) is 6.97. The molecule has 2 fully saturated rings. The van der Waals surface area contributed by atoms with Crippen molar-refractivity contribution in [1.82, 2.24) is 19.8 Å². The van der Waals surface area contributed by atoms with Crippen molar-refractivity contribution < 1.29 is 4.79 Å². The highest BCUT2D eigenvalue weighted by Gasteiger charge is 2.25. The number of rotatable bonds is 3. The lowest BCUT2D eigenvalue weighted by Gasteiger charge is -2.35. The van der Waals surface area contributed by atoms with E-state index in [1.807, 2.05) is 29.2 Å². The normalized spacial score (nSPS) is 18.2. The summed E-state index contributed by atoms with van der Waals surface area (Å²) in [5.74, 6) is 0.999. The number of para-hydroxylation sites is 1. The van der Waals surface area contributed by atoms with Crippen molar-refractivity contribution in [3.8, 4) is 0 Å². The van der Waals surface area contributed by atoms with Gasteiger partial charge in [-0.2, -0.15) is 0 Å². The number of anilines is 2. The van der Waals surface area contributed by atoms with Crippen LogP contribution in [0, 0.1) is 0 Å². The summed E-state index contributed by atoms with van der Waals surface area (Å²) in [7, 11) is 2.14. The third-order valence-electron chi connectivity index (χ3n) is 5.94. The number of pyridine rings is 1. The van der Waals surface area contributed by atoms with E-state index in [0.29, 0.717) is 13.1 Å². The van der Waals surface area contributed by atoms with Gasteiger partial charge in [0.1, 0.15) is 5.82 Å². The van der Waals surface area contributed by atoms with Gasteiger partial charge in [-0.05, 0) is 31.3 Å². The minimum atomic E-state index is 0.0942. The van der Waals surface area contributed by atoms with Crippen molar-refractivity contribution in [2.24, 2.45) is 0 Å². The molecule has 0 saturated carbocycles. The number of hydrogen-bond donors (Lipinski definition) is 0. The van der Waals surface area contributed by atoms with E-state index in [1.165, 1.54) is 4.70 Å². The Morgan fingerprint density at radius 1 is 0.933 bits per heavy atom. The van der Waals surface area contributed by atoms with Crippen LogP contribution >= 0.6 is 11.3 Å². The van der Waals surface area contributed by atoms with Gasteiger partial charge in [-0.15, -0.1) is 0 Å². The van der Waals surface area contributed by atoms with Crippen LogP contribution in [0.3, 0.4) is 0 Å². The Bertz CT molecular complexity index is 1000. The highest BCUT2D eigenvalue weighted by Crippen LogP contribution is 2.29. The molecule has 0 bridgehead atoms. The number of aromatic nitrogens is 2. The summed E-state index contributed by atoms with van der Waals surface area (Å²) in [4.78, 5) is 31.2. The first kappa shape index (κ1) is 19.3. The van der Waals surface area contributed by atoms with Gasteiger partial charge >= 0.3 is 0 Å². The largest absolute Gasteiger partial charge is 0.354 e. The van der Waals surface area contributed by atoms with Crippen molar-refractivity contribution in [1.29, 1.82) is 0 Å². The third kappa shape index (κ3) is 3.85. The van der Waals surface area contributed by atoms with Crippen molar-refractivity contribution in [3.63, 3.8) is 0 Å². The molecule has 0 aliphatic carbocycles. The number of carbonyl (C=O) groups excluding carboxylic acids is 1. The van der Waals surface area contributed by atoms with Gasteiger partial charge in [-0.25, -0.2) is 9.97 Å². The number of piperazine rings is 2. The Balaban J connectivity index is 1.24. The lowest BCUT2D eigenvalue weighted by Crippen LogP contribution is -2.49. The minimum absolute atomic E-state index is 0.0942. The summed E-state index contributed by atoms with van der Waals surface area (Å²) in [5.41, 5.74) is 1.77. The molecule has 2 aromatic heterocycles. The fourth-order valence-corrected chi connectivity index (χ4v) is 5.06. The van der Waals surface area contributed by atoms with Gasteiger partial charge in [0, 0.05) is 64.1 Å². The third-order valence-corrected chi connectivity index (χ3v) is 7.04. The number of carbonyl (C=O) groups is 1. The minimum Gasteiger partial charge on any atom is -0.354 e. The van der Waals surface area contributed by atoms with Crippen LogP contribution in [-0.4, -0.2) is 85.1 Å². The number of hydrogen-bond acceptors (Lipinski definition) is 7. The second-order valence-corrected chi connectivity index (χ2v) is 8.95. The van der Waals surface area contributed by atoms with Crippen molar-refractivity contribution in [2.45, 2.75) is 0 Å². The topological polar surface area (TPSA) is 55.8 Å². The molecule has 2 saturated heterocycles. The molecular formula is C22H26N6OS. The highest BCUT2D eigenvalue weighted by atomic mass is 32.1. The maximum absolute atomic E-state index is 13.1. The molecule has 0 unspecified atom stereocenters. The maximum Gasteiger partial charge on any atom is 0.254 e. The predicted octanol–water partition coefficient (Wildman–Crippen LogP) is 2.41. The number of nitrogens with zero attached hydrogens (tertiary/aromatic N) is 6. The summed E-state index contributed by atoms with van der Waals surface area (Å²) in [6.07, 6.45) is 1.76. The van der Waals surface area contributed by atoms with E-state index in [4.69, 9.17) is 4.98 Å². The Kier molecular flexibility index (Phi) is 5.26. The van der Waals surface area contributed by atoms with Gasteiger partial charge in [-0.1, -0.05) is 23.5 Å². The number of likely N-dealkylation sites (N-methyl/N-ethyl adjacent to an activating group) is 1. The molecule has 7 nitrogen and oxygen atoms in total. The molecule has 2 aliphatic rings. The van der Waals surface area contributed by atoms with Crippen LogP contribution in [0.4, 0.5) is 10.9 Å². The zero-order valence-electron chi connectivity index (χ0n) is 17.2. The second-order valence-electron chi connectivity index (χ2n) is 7.94. The zero-order chi connectivity index (χ0) is 20.5. The lowest BCUT2D eigenvalue weighted by molar-refractivity contribution is 0.0746. The van der Waals surface area contributed by atoms with Crippen LogP contribution < -0.4 is 9.80 Å². The van der Waals surface area contributed by atoms with Crippen LogP contribution in [0.25, 0.3) is 10.2 Å². The van der Waals surface area contributed by atoms with E-state index in [1.54, 1.807) is 17.5 Å². The molecule has 1 aromatic carbocycles. The molecule has 30 heavy (non-hydrogen) atoms. The van der Waals surface area contributed by atoms with E-state index in [9.17, 15) is 4.79 Å². The van der Waals surface area contributed by atoms with Crippen molar-refractivity contribution in [3.05, 3.63) is 48.2 Å². The van der Waals surface area contributed by atoms with Crippen LogP contribution in [-0.2, 0) is 0 Å². The average Bonchev–Trinajstić information content (AvgIpc) is 3.24. The smallest absolute Gasteiger partial charge is 0.254 e. The van der Waals surface area contributed by atoms with E-state index in [2.05, 4.69) is 38.9 Å². The Morgan fingerprint density at radius 3 is 2.43 bits per heavy atom. The zero-order valence-corrected chi connectivity index (χ0v) is 18.0. The molecule has 1 amide bonds. The number of benzene rings is 1. The van der Waals surface area contributed by atoms with Crippen molar-refractivity contribution in [2.75, 3.05) is 69.2 Å². The van der Waals surface area contributed by atoms with Gasteiger partial charge in [-0.3, -0.25) is 4.79 Å². The average molecular weight is 423 g/mol. The van der Waals surface area contributed by atoms with E-state index in [0.717, 1.165) is 61.3 Å². The first-order chi connectivity index (χ1) is 14.7. The molecular weight excluding hydrogens is 396 g/mol. The number of amides is 1. The monoisotopic (exact) mass is 422 g/mol. The molecule has 5 rings (SSSR count). The standard InChI is InChI=1S/C22H26N6OS/c1-25-8-10-26(11-9-25)20-16-17(6-7-23-20)21(29)27-12-14-28(15-13-27)22-24-18-4-2-3-5-19(18)30-22/h2-7,16H,8-15H2,1H3. The molecule has 0 spiro atoms. The summed E-state index contributed by atoms with van der Waals surface area (Å²) in [5, 5.41) is 1.05. The first-order valence-corrected chi connectivity index (χ1v) is 11.3. The fourth-order valence-electron chi connectivity index (χ4n) is 4.04. The van der Waals surface area contributed by atoms with Crippen LogP contribution in [0.15, 0.2) is 42.6 Å². The maximum atomic E-state index is 13.1. The van der Waals surface area contributed by atoms with Crippen LogP contribution in [0.1, 0.15) is 10.4 Å². The number of fused-ring (bicyclic) bond motifs is 1. The predicted molar refractivity (Wildman–Crippen MR) is 122 cm³/mol. The summed E-state index contributed by atoms with van der Waals surface area (Å²) >= 11 is 1.72. The second kappa shape index (κ2) is 8.20. The van der Waals surface area contributed by atoms with E-state index in [-0.39, 0.29) is 5.91 Å². The Hall–Kier alpha value is -2.71. The van der Waals surface area contributed by atoms with Gasteiger partial charge in [0.15, 0.2) is 5.13 Å². The molecule has 4 heterocycles. The van der Waals surface area contributed by atoms with Gasteiger partial charge < -0.3 is 19.6 Å². The molecule has 0 N–H and O–H groups in total. The van der Waals surface area contributed by atoms with Crippen LogP contribution in [0.5, 0.6) is 0 Å². The van der Waals surface area contributed by atoms with Gasteiger partial charge in [0.2, 0.25) is 0 Å². The molecule has 2 aliphatic heterocycles. The number of thiazole rings is 1. The molecule has 0 atom stereocenters. The van der Waals surface area contributed by atoms with Crippen LogP contribution in [0.2, 0.25) is 0 Å². The molecule has 0 radical (unpaired) electrons. The van der Waals surface area contributed by atoms with E-state index >= 15 is 0 Å². The first-order valence-electron chi connectivity index (χ1n) is 10.5. The summed E-state index contributed by atoms with van der Waals surface area (Å²) < 4.78 is 1.21. The summed E-state index contributed by atoms with van der Waals surface area (Å²) in [6, 6.07) is 12.0. The molecule has 8 heteroatoms. The Labute approximate surface area is 180 Å². The highest BCUT2D eigenvalue weighted by molar-refractivity contribution is 7.22.